The summed E-state index contributed by atoms with van der Waals surface area (Å²) in [6.45, 7) is 0.0339. The van der Waals surface area contributed by atoms with E-state index in [0.717, 1.165) is 32.0 Å². The normalized spacial score (nSPS) is 10.7. The van der Waals surface area contributed by atoms with E-state index in [9.17, 15) is 9.59 Å². The Labute approximate surface area is 148 Å². The Morgan fingerprint density at radius 1 is 0.708 bits per heavy atom. The average Bonchev–Trinajstić information content (AvgIpc) is 2.59. The lowest BCUT2D eigenvalue weighted by molar-refractivity contribution is -0.144. The van der Waals surface area contributed by atoms with Crippen LogP contribution < -0.4 is 0 Å². The summed E-state index contributed by atoms with van der Waals surface area (Å²) in [5.41, 5.74) is 0. The zero-order valence-corrected chi connectivity index (χ0v) is 15.5. The van der Waals surface area contributed by atoms with Crippen LogP contribution in [0.1, 0.15) is 103 Å². The standard InChI is InChI=1S/C20H38O4/c21-17-15-13-11-9-7-5-3-1-2-4-6-8-10-12-14-16-20(23)24-19-18-22/h17,22H,1-16,18-19H2. The van der Waals surface area contributed by atoms with Gasteiger partial charge in [-0.2, -0.15) is 0 Å². The molecular formula is C20H38O4. The first-order chi connectivity index (χ1) is 11.8. The summed E-state index contributed by atoms with van der Waals surface area (Å²) in [6, 6.07) is 0. The smallest absolute Gasteiger partial charge is 0.305 e. The predicted molar refractivity (Wildman–Crippen MR) is 98.0 cm³/mol. The van der Waals surface area contributed by atoms with Crippen LogP contribution in [0.3, 0.4) is 0 Å². The van der Waals surface area contributed by atoms with Gasteiger partial charge in [-0.3, -0.25) is 4.79 Å². The number of carbonyl (C=O) groups excluding carboxylic acids is 2. The molecule has 0 aliphatic rings. The van der Waals surface area contributed by atoms with Crippen molar-refractivity contribution in [2.75, 3.05) is 13.2 Å². The van der Waals surface area contributed by atoms with Crippen LogP contribution in [0.4, 0.5) is 0 Å². The first-order valence-corrected chi connectivity index (χ1v) is 10.0. The van der Waals surface area contributed by atoms with Crippen molar-refractivity contribution in [1.82, 2.24) is 0 Å². The lowest BCUT2D eigenvalue weighted by Crippen LogP contribution is -2.07. The van der Waals surface area contributed by atoms with Crippen molar-refractivity contribution in [1.29, 1.82) is 0 Å². The van der Waals surface area contributed by atoms with Crippen LogP contribution in [0.25, 0.3) is 0 Å². The minimum absolute atomic E-state index is 0.0901. The topological polar surface area (TPSA) is 63.6 Å². The van der Waals surface area contributed by atoms with Crippen LogP contribution in [0, 0.1) is 0 Å². The van der Waals surface area contributed by atoms with Crippen LogP contribution in [0.2, 0.25) is 0 Å². The van der Waals surface area contributed by atoms with Gasteiger partial charge < -0.3 is 14.6 Å². The van der Waals surface area contributed by atoms with E-state index in [4.69, 9.17) is 9.84 Å². The highest BCUT2D eigenvalue weighted by Crippen LogP contribution is 2.13. The number of hydrogen-bond acceptors (Lipinski definition) is 4. The number of carbonyl (C=O) groups is 2. The van der Waals surface area contributed by atoms with Crippen molar-refractivity contribution >= 4 is 12.3 Å². The molecule has 0 aliphatic carbocycles. The summed E-state index contributed by atoms with van der Waals surface area (Å²) in [4.78, 5) is 21.4. The van der Waals surface area contributed by atoms with Crippen molar-refractivity contribution in [3.8, 4) is 0 Å². The van der Waals surface area contributed by atoms with E-state index in [1.54, 1.807) is 0 Å². The molecule has 0 bridgehead atoms. The molecule has 0 aromatic carbocycles. The number of aliphatic hydroxyl groups is 1. The van der Waals surface area contributed by atoms with Gasteiger partial charge in [0.2, 0.25) is 0 Å². The van der Waals surface area contributed by atoms with E-state index in [-0.39, 0.29) is 19.2 Å². The SMILES string of the molecule is O=CCCCCCCCCCCCCCCCCC(=O)OCCO. The van der Waals surface area contributed by atoms with Crippen LogP contribution in [0.5, 0.6) is 0 Å². The van der Waals surface area contributed by atoms with Gasteiger partial charge in [-0.15, -0.1) is 0 Å². The van der Waals surface area contributed by atoms with Gasteiger partial charge in [0.1, 0.15) is 12.9 Å². The molecule has 1 N–H and O–H groups in total. The molecule has 0 aliphatic heterocycles. The Morgan fingerprint density at radius 2 is 1.12 bits per heavy atom. The first-order valence-electron chi connectivity index (χ1n) is 10.0. The molecule has 24 heavy (non-hydrogen) atoms. The number of unbranched alkanes of at least 4 members (excludes halogenated alkanes) is 14. The molecule has 4 nitrogen and oxygen atoms in total. The monoisotopic (exact) mass is 342 g/mol. The lowest BCUT2D eigenvalue weighted by atomic mass is 10.0. The van der Waals surface area contributed by atoms with Gasteiger partial charge >= 0.3 is 5.97 Å². The summed E-state index contributed by atoms with van der Waals surface area (Å²) in [7, 11) is 0. The van der Waals surface area contributed by atoms with Crippen molar-refractivity contribution < 1.29 is 19.4 Å². The fraction of sp³-hybridized carbons (Fsp3) is 0.900. The third kappa shape index (κ3) is 19.1. The molecule has 0 atom stereocenters. The molecule has 0 aromatic rings. The van der Waals surface area contributed by atoms with Crippen molar-refractivity contribution in [3.63, 3.8) is 0 Å². The Kier molecular flexibility index (Phi) is 19.4. The van der Waals surface area contributed by atoms with Gasteiger partial charge in [-0.1, -0.05) is 77.0 Å². The molecule has 0 fully saturated rings. The number of ether oxygens (including phenoxy) is 1. The Hall–Kier alpha value is -0.900. The third-order valence-electron chi connectivity index (χ3n) is 4.31. The highest BCUT2D eigenvalue weighted by molar-refractivity contribution is 5.69. The maximum atomic E-state index is 11.2. The minimum atomic E-state index is -0.187. The van der Waals surface area contributed by atoms with E-state index in [0.29, 0.717) is 6.42 Å². The molecule has 0 saturated heterocycles. The Balaban J connectivity index is 3.05. The zero-order chi connectivity index (χ0) is 17.7. The lowest BCUT2D eigenvalue weighted by Gasteiger charge is -2.04. The first kappa shape index (κ1) is 23.1. The Bertz CT molecular complexity index is 279. The van der Waals surface area contributed by atoms with Crippen molar-refractivity contribution in [2.24, 2.45) is 0 Å². The van der Waals surface area contributed by atoms with Gasteiger partial charge in [0.25, 0.3) is 0 Å². The highest BCUT2D eigenvalue weighted by atomic mass is 16.5. The van der Waals surface area contributed by atoms with Gasteiger partial charge in [0, 0.05) is 12.8 Å². The fourth-order valence-corrected chi connectivity index (χ4v) is 2.85. The summed E-state index contributed by atoms with van der Waals surface area (Å²) in [5, 5.41) is 8.54. The largest absolute Gasteiger partial charge is 0.463 e. The van der Waals surface area contributed by atoms with E-state index in [1.807, 2.05) is 0 Å². The number of aliphatic hydroxyl groups excluding tert-OH is 1. The number of rotatable bonds is 19. The average molecular weight is 343 g/mol. The number of esters is 1. The minimum Gasteiger partial charge on any atom is -0.463 e. The molecule has 0 heterocycles. The van der Waals surface area contributed by atoms with Crippen LogP contribution in [-0.4, -0.2) is 30.6 Å². The maximum absolute atomic E-state index is 11.2. The molecule has 0 radical (unpaired) electrons. The van der Waals surface area contributed by atoms with E-state index in [1.165, 1.54) is 70.6 Å². The fourth-order valence-electron chi connectivity index (χ4n) is 2.85. The van der Waals surface area contributed by atoms with Crippen molar-refractivity contribution in [3.05, 3.63) is 0 Å². The zero-order valence-electron chi connectivity index (χ0n) is 15.5. The van der Waals surface area contributed by atoms with Crippen molar-refractivity contribution in [2.45, 2.75) is 103 Å². The van der Waals surface area contributed by atoms with Crippen LogP contribution >= 0.6 is 0 Å². The molecule has 4 heteroatoms. The number of aldehydes is 1. The van der Waals surface area contributed by atoms with Crippen LogP contribution in [-0.2, 0) is 14.3 Å². The van der Waals surface area contributed by atoms with Gasteiger partial charge in [-0.25, -0.2) is 0 Å². The molecule has 0 amide bonds. The molecule has 0 unspecified atom stereocenters. The quantitative estimate of drug-likeness (QED) is 0.205. The second kappa shape index (κ2) is 20.1. The third-order valence-corrected chi connectivity index (χ3v) is 4.31. The molecule has 0 rings (SSSR count). The summed E-state index contributed by atoms with van der Waals surface area (Å²) >= 11 is 0. The molecular weight excluding hydrogens is 304 g/mol. The molecule has 142 valence electrons. The Morgan fingerprint density at radius 3 is 1.54 bits per heavy atom. The van der Waals surface area contributed by atoms with Gasteiger partial charge in [-0.05, 0) is 12.8 Å². The predicted octanol–water partition coefficient (Wildman–Crippen LogP) is 4.96. The number of hydrogen-bond donors (Lipinski definition) is 1. The summed E-state index contributed by atoms with van der Waals surface area (Å²) in [6.07, 6.45) is 19.6. The molecule has 0 aromatic heterocycles. The summed E-state index contributed by atoms with van der Waals surface area (Å²) < 4.78 is 4.81. The summed E-state index contributed by atoms with van der Waals surface area (Å²) in [5.74, 6) is -0.187. The van der Waals surface area contributed by atoms with E-state index in [2.05, 4.69) is 0 Å². The van der Waals surface area contributed by atoms with Crippen LogP contribution in [0.15, 0.2) is 0 Å². The maximum Gasteiger partial charge on any atom is 0.305 e. The van der Waals surface area contributed by atoms with E-state index >= 15 is 0 Å². The highest BCUT2D eigenvalue weighted by Gasteiger charge is 2.01. The van der Waals surface area contributed by atoms with E-state index < -0.39 is 0 Å². The van der Waals surface area contributed by atoms with Gasteiger partial charge in [0.05, 0.1) is 6.61 Å². The molecule has 0 saturated carbocycles. The second-order valence-electron chi connectivity index (χ2n) is 6.60. The molecule has 0 spiro atoms. The van der Waals surface area contributed by atoms with Gasteiger partial charge in [0.15, 0.2) is 0 Å². The second-order valence-corrected chi connectivity index (χ2v) is 6.60.